The molecule has 1 N–H and O–H groups in total. The quantitative estimate of drug-likeness (QED) is 0.304. The highest BCUT2D eigenvalue weighted by atomic mass is 35.5. The maximum atomic E-state index is 12.9. The molecule has 7 heteroatoms. The van der Waals surface area contributed by atoms with Gasteiger partial charge in [0.15, 0.2) is 0 Å². The predicted octanol–water partition coefficient (Wildman–Crippen LogP) is 6.13. The van der Waals surface area contributed by atoms with E-state index in [0.717, 1.165) is 23.2 Å². The van der Waals surface area contributed by atoms with Crippen molar-refractivity contribution in [2.75, 3.05) is 15.9 Å². The molecule has 0 heterocycles. The summed E-state index contributed by atoms with van der Waals surface area (Å²) in [5.41, 5.74) is 7.42. The number of sulfonamides is 1. The average Bonchev–Trinajstić information content (AvgIpc) is 3.21. The van der Waals surface area contributed by atoms with Gasteiger partial charge in [0.25, 0.3) is 5.91 Å². The zero-order valence-electron chi connectivity index (χ0n) is 19.0. The van der Waals surface area contributed by atoms with Gasteiger partial charge in [-0.2, -0.15) is 0 Å². The van der Waals surface area contributed by atoms with Gasteiger partial charge < -0.3 is 5.32 Å². The minimum absolute atomic E-state index is 0.145. The van der Waals surface area contributed by atoms with Crippen molar-refractivity contribution in [3.8, 4) is 11.1 Å². The molecule has 0 saturated carbocycles. The van der Waals surface area contributed by atoms with Gasteiger partial charge in [-0.25, -0.2) is 8.42 Å². The van der Waals surface area contributed by atoms with Crippen LogP contribution in [-0.4, -0.2) is 20.6 Å². The number of anilines is 2. The predicted molar refractivity (Wildman–Crippen MR) is 142 cm³/mol. The number of halogens is 1. The van der Waals surface area contributed by atoms with Gasteiger partial charge in [0.2, 0.25) is 10.0 Å². The monoisotopic (exact) mass is 502 g/mol. The summed E-state index contributed by atoms with van der Waals surface area (Å²) in [6.07, 6.45) is 2.07. The Hall–Kier alpha value is -3.61. The number of amides is 1. The molecule has 0 aromatic heterocycles. The molecule has 0 spiro atoms. The third kappa shape index (κ3) is 4.94. The average molecular weight is 503 g/mol. The molecule has 0 saturated heterocycles. The number of benzene rings is 4. The van der Waals surface area contributed by atoms with E-state index in [1.54, 1.807) is 48.5 Å². The summed E-state index contributed by atoms with van der Waals surface area (Å²) in [7, 11) is -3.51. The minimum atomic E-state index is -3.51. The first-order valence-electron chi connectivity index (χ1n) is 11.1. The lowest BCUT2D eigenvalue weighted by Gasteiger charge is -2.22. The van der Waals surface area contributed by atoms with Gasteiger partial charge in [-0.3, -0.25) is 9.10 Å². The van der Waals surface area contributed by atoms with E-state index in [1.807, 2.05) is 24.3 Å². The van der Waals surface area contributed by atoms with Gasteiger partial charge in [0, 0.05) is 16.3 Å². The smallest absolute Gasteiger partial charge is 0.255 e. The Bertz CT molecular complexity index is 1520. The molecule has 1 aliphatic rings. The van der Waals surface area contributed by atoms with Gasteiger partial charge in [-0.05, 0) is 82.8 Å². The first kappa shape index (κ1) is 23.1. The summed E-state index contributed by atoms with van der Waals surface area (Å²) in [5, 5.41) is 3.51. The molecular weight excluding hydrogens is 480 g/mol. The molecule has 5 nitrogen and oxygen atoms in total. The molecule has 4 aromatic rings. The number of hydrogen-bond acceptors (Lipinski definition) is 3. The summed E-state index contributed by atoms with van der Waals surface area (Å²) in [6.45, 7) is 0.145. The minimum Gasteiger partial charge on any atom is -0.322 e. The van der Waals surface area contributed by atoms with Crippen LogP contribution in [0.5, 0.6) is 0 Å². The van der Waals surface area contributed by atoms with Crippen molar-refractivity contribution in [1.29, 1.82) is 0 Å². The highest BCUT2D eigenvalue weighted by molar-refractivity contribution is 7.92. The fraction of sp³-hybridized carbons (Fsp3) is 0.107. The molecule has 0 radical (unpaired) electrons. The zero-order valence-corrected chi connectivity index (χ0v) is 20.6. The lowest BCUT2D eigenvalue weighted by molar-refractivity contribution is 0.102. The van der Waals surface area contributed by atoms with Gasteiger partial charge in [-0.1, -0.05) is 54.1 Å². The molecule has 0 fully saturated rings. The van der Waals surface area contributed by atoms with Gasteiger partial charge in [-0.15, -0.1) is 0 Å². The van der Waals surface area contributed by atoms with E-state index in [4.69, 9.17) is 11.6 Å². The second-order valence-electron chi connectivity index (χ2n) is 8.60. The molecule has 35 heavy (non-hydrogen) atoms. The molecule has 0 unspecified atom stereocenters. The lowest BCUT2D eigenvalue weighted by Crippen LogP contribution is -2.29. The van der Waals surface area contributed by atoms with Crippen molar-refractivity contribution >= 4 is 38.9 Å². The van der Waals surface area contributed by atoms with E-state index in [0.29, 0.717) is 16.3 Å². The maximum absolute atomic E-state index is 12.9. The topological polar surface area (TPSA) is 66.5 Å². The third-order valence-corrected chi connectivity index (χ3v) is 7.51. The second-order valence-corrected chi connectivity index (χ2v) is 10.9. The molecule has 0 bridgehead atoms. The van der Waals surface area contributed by atoms with Crippen LogP contribution in [0.15, 0.2) is 91.0 Å². The van der Waals surface area contributed by atoms with Crippen molar-refractivity contribution in [2.24, 2.45) is 0 Å². The van der Waals surface area contributed by atoms with E-state index in [1.165, 1.54) is 27.3 Å². The number of fused-ring (bicyclic) bond motifs is 3. The van der Waals surface area contributed by atoms with Crippen LogP contribution in [0, 0.1) is 0 Å². The molecule has 1 aliphatic carbocycles. The Morgan fingerprint density at radius 3 is 2.29 bits per heavy atom. The molecule has 176 valence electrons. The Balaban J connectivity index is 1.31. The van der Waals surface area contributed by atoms with Crippen LogP contribution < -0.4 is 9.62 Å². The van der Waals surface area contributed by atoms with Crippen molar-refractivity contribution in [1.82, 2.24) is 0 Å². The standard InChI is InChI=1S/C28H23ClN2O3S/c1-35(33,34)31(25-14-11-23(29)12-15-25)18-19-6-8-20(9-7-19)28(32)30-24-13-10-22-16-21-4-2-3-5-26(21)27(22)17-24/h2-15,17H,16,18H2,1H3,(H,30,32). The molecular formula is C28H23ClN2O3S. The first-order valence-corrected chi connectivity index (χ1v) is 13.4. The van der Waals surface area contributed by atoms with Crippen molar-refractivity contribution < 1.29 is 13.2 Å². The number of carbonyl (C=O) groups excluding carboxylic acids is 1. The van der Waals surface area contributed by atoms with Crippen LogP contribution in [0.1, 0.15) is 27.0 Å². The Labute approximate surface area is 210 Å². The lowest BCUT2D eigenvalue weighted by atomic mass is 10.1. The molecule has 0 aliphatic heterocycles. The van der Waals surface area contributed by atoms with Crippen LogP contribution >= 0.6 is 11.6 Å². The van der Waals surface area contributed by atoms with E-state index in [2.05, 4.69) is 23.5 Å². The number of nitrogens with zero attached hydrogens (tertiary/aromatic N) is 1. The summed E-state index contributed by atoms with van der Waals surface area (Å²) in [4.78, 5) is 12.9. The Kier molecular flexibility index (Phi) is 6.09. The number of rotatable bonds is 6. The van der Waals surface area contributed by atoms with E-state index in [9.17, 15) is 13.2 Å². The highest BCUT2D eigenvalue weighted by Gasteiger charge is 2.20. The molecule has 1 amide bonds. The van der Waals surface area contributed by atoms with Crippen molar-refractivity contribution in [3.63, 3.8) is 0 Å². The van der Waals surface area contributed by atoms with E-state index < -0.39 is 10.0 Å². The summed E-state index contributed by atoms with van der Waals surface area (Å²) < 4.78 is 26.1. The van der Waals surface area contributed by atoms with Crippen LogP contribution in [0.2, 0.25) is 5.02 Å². The number of nitrogens with one attached hydrogen (secondary N) is 1. The molecule has 4 aromatic carbocycles. The first-order chi connectivity index (χ1) is 16.8. The SMILES string of the molecule is CS(=O)(=O)N(Cc1ccc(C(=O)Nc2ccc3c(c2)-c2ccccc2C3)cc1)c1ccc(Cl)cc1. The van der Waals surface area contributed by atoms with Crippen molar-refractivity contribution in [2.45, 2.75) is 13.0 Å². The fourth-order valence-electron chi connectivity index (χ4n) is 4.34. The van der Waals surface area contributed by atoms with Crippen LogP contribution in [0.3, 0.4) is 0 Å². The summed E-state index contributed by atoms with van der Waals surface area (Å²) in [6, 6.07) is 27.9. The number of hydrogen-bond donors (Lipinski definition) is 1. The fourth-order valence-corrected chi connectivity index (χ4v) is 5.35. The van der Waals surface area contributed by atoms with Gasteiger partial charge in [0.05, 0.1) is 18.5 Å². The number of carbonyl (C=O) groups is 1. The largest absolute Gasteiger partial charge is 0.322 e. The van der Waals surface area contributed by atoms with E-state index >= 15 is 0 Å². The zero-order chi connectivity index (χ0) is 24.6. The van der Waals surface area contributed by atoms with Gasteiger partial charge >= 0.3 is 0 Å². The maximum Gasteiger partial charge on any atom is 0.255 e. The van der Waals surface area contributed by atoms with E-state index in [-0.39, 0.29) is 12.5 Å². The van der Waals surface area contributed by atoms with Crippen molar-refractivity contribution in [3.05, 3.63) is 118 Å². The Morgan fingerprint density at radius 1 is 0.886 bits per heavy atom. The summed E-state index contributed by atoms with van der Waals surface area (Å²) in [5.74, 6) is -0.222. The normalized spacial score (nSPS) is 12.1. The van der Waals surface area contributed by atoms with Crippen LogP contribution in [0.25, 0.3) is 11.1 Å². The van der Waals surface area contributed by atoms with Crippen LogP contribution in [0.4, 0.5) is 11.4 Å². The third-order valence-electron chi connectivity index (χ3n) is 6.11. The Morgan fingerprint density at radius 2 is 1.57 bits per heavy atom. The molecule has 5 rings (SSSR count). The molecule has 0 atom stereocenters. The summed E-state index contributed by atoms with van der Waals surface area (Å²) >= 11 is 5.94. The van der Waals surface area contributed by atoms with Crippen LogP contribution in [-0.2, 0) is 23.0 Å². The highest BCUT2D eigenvalue weighted by Crippen LogP contribution is 2.37. The van der Waals surface area contributed by atoms with Gasteiger partial charge in [0.1, 0.15) is 0 Å². The second kappa shape index (κ2) is 9.21.